The maximum absolute atomic E-state index is 13.2. The number of piperazine rings is 1. The molecule has 2 heterocycles. The molecule has 1 amide bonds. The summed E-state index contributed by atoms with van der Waals surface area (Å²) in [5.74, 6) is 0.102. The van der Waals surface area contributed by atoms with Gasteiger partial charge >= 0.3 is 0 Å². The molecule has 7 nitrogen and oxygen atoms in total. The molecule has 11 heteroatoms. The molecule has 206 valence electrons. The van der Waals surface area contributed by atoms with Crippen LogP contribution in [0, 0.1) is 0 Å². The zero-order valence-corrected chi connectivity index (χ0v) is 22.8. The average molecular weight is 577 g/mol. The number of ether oxygens (including phenoxy) is 1. The van der Waals surface area contributed by atoms with Gasteiger partial charge in [-0.2, -0.15) is 5.10 Å². The van der Waals surface area contributed by atoms with Gasteiger partial charge in [0.25, 0.3) is 12.3 Å². The Morgan fingerprint density at radius 3 is 2.46 bits per heavy atom. The number of carbonyl (C=O) groups is 2. The molecule has 0 N–H and O–H groups in total. The van der Waals surface area contributed by atoms with Crippen molar-refractivity contribution < 1.29 is 23.1 Å². The number of rotatable bonds is 10. The third kappa shape index (κ3) is 7.65. The summed E-state index contributed by atoms with van der Waals surface area (Å²) in [6, 6.07) is 12.0. The predicted octanol–water partition coefficient (Wildman–Crippen LogP) is 5.79. The van der Waals surface area contributed by atoms with Gasteiger partial charge in [0, 0.05) is 61.6 Å². The van der Waals surface area contributed by atoms with Crippen LogP contribution in [0.15, 0.2) is 54.7 Å². The number of aryl methyl sites for hydroxylation is 1. The van der Waals surface area contributed by atoms with Crippen molar-refractivity contribution in [2.75, 3.05) is 39.3 Å². The SMILES string of the molecule is Cn1cc(C(=O)N2CCN(CCCOc3ccc(C(=O)/C=C/c4ccc(Cl)cc4Cl)cc3)CC2)c(C(F)F)n1. The molecule has 2 aromatic carbocycles. The van der Waals surface area contributed by atoms with E-state index in [0.29, 0.717) is 59.7 Å². The van der Waals surface area contributed by atoms with E-state index in [1.165, 1.54) is 24.0 Å². The van der Waals surface area contributed by atoms with Crippen molar-refractivity contribution in [3.8, 4) is 5.75 Å². The molecule has 1 saturated heterocycles. The van der Waals surface area contributed by atoms with Crippen LogP contribution in [0.25, 0.3) is 6.08 Å². The van der Waals surface area contributed by atoms with Crippen molar-refractivity contribution >= 4 is 41.0 Å². The molecule has 1 fully saturated rings. The minimum Gasteiger partial charge on any atom is -0.494 e. The monoisotopic (exact) mass is 576 g/mol. The van der Waals surface area contributed by atoms with Crippen LogP contribution >= 0.6 is 23.2 Å². The van der Waals surface area contributed by atoms with E-state index in [-0.39, 0.29) is 11.3 Å². The molecular formula is C28H28Cl2F2N4O3. The van der Waals surface area contributed by atoms with Crippen molar-refractivity contribution in [2.24, 2.45) is 7.05 Å². The van der Waals surface area contributed by atoms with Crippen molar-refractivity contribution in [3.63, 3.8) is 0 Å². The molecule has 1 aromatic heterocycles. The van der Waals surface area contributed by atoms with Crippen molar-refractivity contribution in [1.29, 1.82) is 0 Å². The predicted molar refractivity (Wildman–Crippen MR) is 147 cm³/mol. The lowest BCUT2D eigenvalue weighted by Crippen LogP contribution is -2.49. The summed E-state index contributed by atoms with van der Waals surface area (Å²) in [6.07, 6.45) is 2.45. The number of aromatic nitrogens is 2. The van der Waals surface area contributed by atoms with E-state index in [4.69, 9.17) is 27.9 Å². The van der Waals surface area contributed by atoms with Crippen LogP contribution in [0.2, 0.25) is 10.0 Å². The van der Waals surface area contributed by atoms with Crippen LogP contribution in [-0.4, -0.2) is 70.6 Å². The normalized spacial score (nSPS) is 14.4. The smallest absolute Gasteiger partial charge is 0.282 e. The van der Waals surface area contributed by atoms with Gasteiger partial charge in [0.05, 0.1) is 12.2 Å². The van der Waals surface area contributed by atoms with Gasteiger partial charge in [0.1, 0.15) is 11.4 Å². The first-order chi connectivity index (χ1) is 18.7. The lowest BCUT2D eigenvalue weighted by Gasteiger charge is -2.34. The van der Waals surface area contributed by atoms with Crippen molar-refractivity contribution in [1.82, 2.24) is 19.6 Å². The molecule has 0 aliphatic carbocycles. The van der Waals surface area contributed by atoms with Gasteiger partial charge in [-0.3, -0.25) is 19.2 Å². The Balaban J connectivity index is 1.18. The first-order valence-electron chi connectivity index (χ1n) is 12.4. The highest BCUT2D eigenvalue weighted by Gasteiger charge is 2.28. The molecule has 0 unspecified atom stereocenters. The summed E-state index contributed by atoms with van der Waals surface area (Å²) >= 11 is 12.0. The zero-order chi connectivity index (χ0) is 27.9. The second-order valence-electron chi connectivity index (χ2n) is 9.13. The molecule has 4 rings (SSSR count). The molecule has 39 heavy (non-hydrogen) atoms. The van der Waals surface area contributed by atoms with Crippen LogP contribution < -0.4 is 4.74 Å². The number of nitrogens with zero attached hydrogens (tertiary/aromatic N) is 4. The molecule has 0 saturated carbocycles. The second-order valence-corrected chi connectivity index (χ2v) is 9.97. The van der Waals surface area contributed by atoms with Gasteiger partial charge < -0.3 is 9.64 Å². The molecule has 0 atom stereocenters. The number of benzene rings is 2. The molecule has 3 aromatic rings. The number of alkyl halides is 2. The highest BCUT2D eigenvalue weighted by molar-refractivity contribution is 6.35. The standard InChI is InChI=1S/C28H28Cl2F2N4O3/c1-34-18-23(26(33-34)27(31)32)28(38)36-14-12-35(13-15-36)11-2-16-39-22-8-4-20(5-9-22)25(37)10-6-19-3-7-21(29)17-24(19)30/h3-10,17-18,27H,2,11-16H2,1H3/b10-6+. The van der Waals surface area contributed by atoms with E-state index < -0.39 is 18.0 Å². The summed E-state index contributed by atoms with van der Waals surface area (Å²) in [6.45, 7) is 3.51. The van der Waals surface area contributed by atoms with E-state index in [2.05, 4.69) is 10.00 Å². The summed E-state index contributed by atoms with van der Waals surface area (Å²) in [5.41, 5.74) is 0.725. The number of hydrogen-bond donors (Lipinski definition) is 0. The quantitative estimate of drug-likeness (QED) is 0.174. The van der Waals surface area contributed by atoms with E-state index in [1.807, 2.05) is 0 Å². The number of ketones is 1. The van der Waals surface area contributed by atoms with Crippen LogP contribution in [-0.2, 0) is 7.05 Å². The lowest BCUT2D eigenvalue weighted by atomic mass is 10.1. The first kappa shape index (κ1) is 28.7. The summed E-state index contributed by atoms with van der Waals surface area (Å²) in [4.78, 5) is 29.0. The second kappa shape index (κ2) is 13.2. The van der Waals surface area contributed by atoms with Crippen molar-refractivity contribution in [2.45, 2.75) is 12.8 Å². The summed E-state index contributed by atoms with van der Waals surface area (Å²) in [7, 11) is 1.52. The van der Waals surface area contributed by atoms with Crippen LogP contribution in [0.3, 0.4) is 0 Å². The lowest BCUT2D eigenvalue weighted by molar-refractivity contribution is 0.0620. The molecule has 0 radical (unpaired) electrons. The Kier molecular flexibility index (Phi) is 9.72. The molecule has 0 bridgehead atoms. The largest absolute Gasteiger partial charge is 0.494 e. The minimum absolute atomic E-state index is 0.0379. The average Bonchev–Trinajstić information content (AvgIpc) is 3.33. The fraction of sp³-hybridized carbons (Fsp3) is 0.321. The van der Waals surface area contributed by atoms with Gasteiger partial charge in [0.15, 0.2) is 5.78 Å². The van der Waals surface area contributed by atoms with Crippen LogP contribution in [0.5, 0.6) is 5.75 Å². The third-order valence-corrected chi connectivity index (χ3v) is 6.92. The molecule has 1 aliphatic heterocycles. The number of amides is 1. The number of allylic oxidation sites excluding steroid dienone is 1. The van der Waals surface area contributed by atoms with Gasteiger partial charge in [-0.1, -0.05) is 29.3 Å². The summed E-state index contributed by atoms with van der Waals surface area (Å²) < 4.78 is 33.5. The number of carbonyl (C=O) groups excluding carboxylic acids is 2. The number of hydrogen-bond acceptors (Lipinski definition) is 5. The highest BCUT2D eigenvalue weighted by Crippen LogP contribution is 2.24. The topological polar surface area (TPSA) is 67.7 Å². The van der Waals surface area contributed by atoms with E-state index >= 15 is 0 Å². The zero-order valence-electron chi connectivity index (χ0n) is 21.3. The first-order valence-corrected chi connectivity index (χ1v) is 13.2. The number of halogens is 4. The third-order valence-electron chi connectivity index (χ3n) is 6.36. The Morgan fingerprint density at radius 1 is 1.08 bits per heavy atom. The maximum atomic E-state index is 13.2. The molecule has 1 aliphatic rings. The van der Waals surface area contributed by atoms with Crippen LogP contribution in [0.4, 0.5) is 8.78 Å². The van der Waals surface area contributed by atoms with Crippen molar-refractivity contribution in [3.05, 3.63) is 87.2 Å². The minimum atomic E-state index is -2.79. The fourth-order valence-electron chi connectivity index (χ4n) is 4.27. The Bertz CT molecular complexity index is 1340. The maximum Gasteiger partial charge on any atom is 0.282 e. The van der Waals surface area contributed by atoms with Gasteiger partial charge in [-0.15, -0.1) is 0 Å². The molecule has 0 spiro atoms. The van der Waals surface area contributed by atoms with Gasteiger partial charge in [-0.05, 0) is 60.5 Å². The van der Waals surface area contributed by atoms with Gasteiger partial charge in [0.2, 0.25) is 0 Å². The van der Waals surface area contributed by atoms with E-state index in [1.54, 1.807) is 53.4 Å². The Hall–Kier alpha value is -3.27. The Labute approximate surface area is 235 Å². The highest BCUT2D eigenvalue weighted by atomic mass is 35.5. The van der Waals surface area contributed by atoms with E-state index in [9.17, 15) is 18.4 Å². The van der Waals surface area contributed by atoms with Crippen LogP contribution in [0.1, 0.15) is 44.8 Å². The Morgan fingerprint density at radius 2 is 1.79 bits per heavy atom. The molecular weight excluding hydrogens is 549 g/mol. The fourth-order valence-corrected chi connectivity index (χ4v) is 4.74. The summed E-state index contributed by atoms with van der Waals surface area (Å²) in [5, 5.41) is 4.72. The van der Waals surface area contributed by atoms with Gasteiger partial charge in [-0.25, -0.2) is 8.78 Å². The van der Waals surface area contributed by atoms with E-state index in [0.717, 1.165) is 13.0 Å².